The summed E-state index contributed by atoms with van der Waals surface area (Å²) in [4.78, 5) is 11.4. The monoisotopic (exact) mass is 275 g/mol. The molecular weight excluding hydrogens is 258 g/mol. The van der Waals surface area contributed by atoms with E-state index in [0.29, 0.717) is 0 Å². The number of aryl methyl sites for hydroxylation is 1. The zero-order chi connectivity index (χ0) is 14.4. The normalized spacial score (nSPS) is 13.7. The van der Waals surface area contributed by atoms with Gasteiger partial charge in [-0.1, -0.05) is 12.1 Å². The summed E-state index contributed by atoms with van der Waals surface area (Å²) >= 11 is 0. The van der Waals surface area contributed by atoms with Gasteiger partial charge >= 0.3 is 0 Å². The van der Waals surface area contributed by atoms with Crippen molar-refractivity contribution in [2.75, 3.05) is 18.5 Å². The van der Waals surface area contributed by atoms with E-state index in [0.717, 1.165) is 30.0 Å². The lowest BCUT2D eigenvalue weighted by Crippen LogP contribution is -2.13. The highest BCUT2D eigenvalue weighted by Gasteiger charge is 2.17. The van der Waals surface area contributed by atoms with Crippen LogP contribution in [0.5, 0.6) is 0 Å². The predicted octanol–water partition coefficient (Wildman–Crippen LogP) is 3.60. The first-order chi connectivity index (χ1) is 10.2. The molecule has 0 radical (unpaired) electrons. The minimum atomic E-state index is 1.05. The molecule has 3 aromatic rings. The summed E-state index contributed by atoms with van der Waals surface area (Å²) in [6.07, 6.45) is 3.06. The second kappa shape index (κ2) is 4.55. The summed E-state index contributed by atoms with van der Waals surface area (Å²) in [5.41, 5.74) is 5.84. The molecule has 104 valence electrons. The van der Waals surface area contributed by atoms with Gasteiger partial charge in [-0.05, 0) is 48.7 Å². The molecule has 0 bridgehead atoms. The van der Waals surface area contributed by atoms with Crippen LogP contribution in [0, 0.1) is 6.92 Å². The van der Waals surface area contributed by atoms with Crippen LogP contribution < -0.4 is 4.90 Å². The topological polar surface area (TPSA) is 29.0 Å². The summed E-state index contributed by atoms with van der Waals surface area (Å²) in [5, 5.41) is 1.18. The van der Waals surface area contributed by atoms with Gasteiger partial charge in [0.1, 0.15) is 5.82 Å². The number of nitrogens with zero attached hydrogens (tertiary/aromatic N) is 3. The van der Waals surface area contributed by atoms with E-state index < -0.39 is 0 Å². The first kappa shape index (κ1) is 12.3. The van der Waals surface area contributed by atoms with Crippen LogP contribution in [0.2, 0.25) is 0 Å². The molecule has 0 amide bonds. The second-order valence-electron chi connectivity index (χ2n) is 5.74. The molecule has 0 atom stereocenters. The summed E-state index contributed by atoms with van der Waals surface area (Å²) in [6, 6.07) is 12.9. The van der Waals surface area contributed by atoms with Crippen LogP contribution in [0.1, 0.15) is 11.3 Å². The maximum atomic E-state index is 4.62. The second-order valence-corrected chi connectivity index (χ2v) is 5.74. The third kappa shape index (κ3) is 2.05. The van der Waals surface area contributed by atoms with Crippen molar-refractivity contribution in [3.63, 3.8) is 0 Å². The Balaban J connectivity index is 1.81. The SMILES string of the molecule is Cc1ccc2cc(-c3cnc4c(c3)CCN4C)ccc2n1. The highest BCUT2D eigenvalue weighted by Crippen LogP contribution is 2.30. The number of likely N-dealkylation sites (N-methyl/N-ethyl adjacent to an activating group) is 1. The van der Waals surface area contributed by atoms with Gasteiger partial charge in [-0.15, -0.1) is 0 Å². The van der Waals surface area contributed by atoms with Gasteiger partial charge in [-0.2, -0.15) is 0 Å². The lowest BCUT2D eigenvalue weighted by atomic mass is 10.0. The minimum Gasteiger partial charge on any atom is -0.359 e. The Morgan fingerprint density at radius 1 is 1.05 bits per heavy atom. The molecule has 0 fully saturated rings. The lowest BCUT2D eigenvalue weighted by Gasteiger charge is -2.11. The van der Waals surface area contributed by atoms with Gasteiger partial charge in [0.15, 0.2) is 0 Å². The molecule has 0 N–H and O–H groups in total. The summed E-state index contributed by atoms with van der Waals surface area (Å²) in [5.74, 6) is 1.12. The van der Waals surface area contributed by atoms with Gasteiger partial charge in [0.05, 0.1) is 5.52 Å². The summed E-state index contributed by atoms with van der Waals surface area (Å²) < 4.78 is 0. The molecule has 21 heavy (non-hydrogen) atoms. The van der Waals surface area contributed by atoms with Crippen molar-refractivity contribution in [3.8, 4) is 11.1 Å². The molecule has 1 aliphatic heterocycles. The van der Waals surface area contributed by atoms with Crippen molar-refractivity contribution in [2.24, 2.45) is 0 Å². The number of rotatable bonds is 1. The Hall–Kier alpha value is -2.42. The maximum Gasteiger partial charge on any atom is 0.131 e. The Labute approximate surface area is 124 Å². The van der Waals surface area contributed by atoms with Gasteiger partial charge in [-0.25, -0.2) is 4.98 Å². The van der Waals surface area contributed by atoms with Crippen molar-refractivity contribution in [2.45, 2.75) is 13.3 Å². The first-order valence-corrected chi connectivity index (χ1v) is 7.28. The van der Waals surface area contributed by atoms with Crippen LogP contribution in [0.25, 0.3) is 22.0 Å². The molecule has 3 heteroatoms. The largest absolute Gasteiger partial charge is 0.359 e. The summed E-state index contributed by atoms with van der Waals surface area (Å²) in [7, 11) is 2.10. The quantitative estimate of drug-likeness (QED) is 0.679. The van der Waals surface area contributed by atoms with E-state index in [1.54, 1.807) is 0 Å². The average Bonchev–Trinajstić information content (AvgIpc) is 2.87. The number of aromatic nitrogens is 2. The summed E-state index contributed by atoms with van der Waals surface area (Å²) in [6.45, 7) is 3.08. The number of anilines is 1. The first-order valence-electron chi connectivity index (χ1n) is 7.28. The highest BCUT2D eigenvalue weighted by molar-refractivity contribution is 5.84. The van der Waals surface area contributed by atoms with Crippen LogP contribution in [0.15, 0.2) is 42.6 Å². The van der Waals surface area contributed by atoms with Crippen LogP contribution in [0.3, 0.4) is 0 Å². The van der Waals surface area contributed by atoms with Gasteiger partial charge in [0.25, 0.3) is 0 Å². The van der Waals surface area contributed by atoms with Gasteiger partial charge in [0.2, 0.25) is 0 Å². The highest BCUT2D eigenvalue weighted by atomic mass is 15.2. The zero-order valence-corrected chi connectivity index (χ0v) is 12.3. The third-order valence-corrected chi connectivity index (χ3v) is 4.18. The number of pyridine rings is 2. The molecule has 4 rings (SSSR count). The van der Waals surface area contributed by atoms with Crippen molar-refractivity contribution in [1.29, 1.82) is 0 Å². The van der Waals surface area contributed by atoms with Crippen molar-refractivity contribution in [1.82, 2.24) is 9.97 Å². The molecule has 0 spiro atoms. The van der Waals surface area contributed by atoms with Crippen molar-refractivity contribution in [3.05, 3.63) is 53.9 Å². The number of benzene rings is 1. The fourth-order valence-electron chi connectivity index (χ4n) is 2.99. The Kier molecular flexibility index (Phi) is 2.67. The Morgan fingerprint density at radius 3 is 2.86 bits per heavy atom. The number of hydrogen-bond donors (Lipinski definition) is 0. The van der Waals surface area contributed by atoms with Gasteiger partial charge in [0, 0.05) is 36.4 Å². The number of fused-ring (bicyclic) bond motifs is 2. The Bertz CT molecular complexity index is 839. The lowest BCUT2D eigenvalue weighted by molar-refractivity contribution is 0.945. The van der Waals surface area contributed by atoms with Crippen molar-refractivity contribution < 1.29 is 0 Å². The average molecular weight is 275 g/mol. The maximum absolute atomic E-state index is 4.62. The van der Waals surface area contributed by atoms with Gasteiger partial charge < -0.3 is 4.90 Å². The standard InChI is InChI=1S/C18H17N3/c1-12-3-4-14-9-13(5-6-17(14)20-12)16-10-15-7-8-21(2)18(15)19-11-16/h3-6,9-11H,7-8H2,1-2H3. The molecule has 1 aromatic carbocycles. The Morgan fingerprint density at radius 2 is 1.95 bits per heavy atom. The third-order valence-electron chi connectivity index (χ3n) is 4.18. The fraction of sp³-hybridized carbons (Fsp3) is 0.222. The molecule has 3 heterocycles. The fourth-order valence-corrected chi connectivity index (χ4v) is 2.99. The van der Waals surface area contributed by atoms with E-state index in [1.807, 2.05) is 13.1 Å². The molecule has 3 nitrogen and oxygen atoms in total. The van der Waals surface area contributed by atoms with Crippen LogP contribution in [-0.2, 0) is 6.42 Å². The van der Waals surface area contributed by atoms with Gasteiger partial charge in [-0.3, -0.25) is 4.98 Å². The molecule has 0 saturated carbocycles. The van der Waals surface area contributed by atoms with Crippen LogP contribution in [-0.4, -0.2) is 23.6 Å². The molecular formula is C18H17N3. The molecule has 0 saturated heterocycles. The van der Waals surface area contributed by atoms with E-state index in [2.05, 4.69) is 58.3 Å². The van der Waals surface area contributed by atoms with E-state index in [9.17, 15) is 0 Å². The molecule has 0 unspecified atom stereocenters. The smallest absolute Gasteiger partial charge is 0.131 e. The van der Waals surface area contributed by atoms with E-state index in [1.165, 1.54) is 22.1 Å². The van der Waals surface area contributed by atoms with E-state index in [4.69, 9.17) is 0 Å². The molecule has 1 aliphatic rings. The molecule has 0 aliphatic carbocycles. The van der Waals surface area contributed by atoms with Crippen molar-refractivity contribution >= 4 is 16.7 Å². The van der Waals surface area contributed by atoms with E-state index in [-0.39, 0.29) is 0 Å². The van der Waals surface area contributed by atoms with E-state index >= 15 is 0 Å². The number of hydrogen-bond acceptors (Lipinski definition) is 3. The van der Waals surface area contributed by atoms with Crippen LogP contribution in [0.4, 0.5) is 5.82 Å². The van der Waals surface area contributed by atoms with Crippen LogP contribution >= 0.6 is 0 Å². The zero-order valence-electron chi connectivity index (χ0n) is 12.3. The molecule has 2 aromatic heterocycles. The minimum absolute atomic E-state index is 1.05. The predicted molar refractivity (Wildman–Crippen MR) is 86.7 cm³/mol.